The van der Waals surface area contributed by atoms with E-state index in [1.165, 1.54) is 16.9 Å². The lowest BCUT2D eigenvalue weighted by molar-refractivity contribution is -0.153. The Hall–Kier alpha value is -3.72. The zero-order valence-corrected chi connectivity index (χ0v) is 19.9. The van der Waals surface area contributed by atoms with Gasteiger partial charge in [-0.1, -0.05) is 48.5 Å². The number of ether oxygens (including phenoxy) is 2. The Balaban J connectivity index is 2.06. The lowest BCUT2D eigenvalue weighted by atomic mass is 10.0. The number of hydrazine groups is 1. The van der Waals surface area contributed by atoms with Gasteiger partial charge in [0, 0.05) is 18.9 Å². The van der Waals surface area contributed by atoms with E-state index < -0.39 is 42.5 Å². The number of amides is 1. The molecule has 1 aliphatic heterocycles. The highest BCUT2D eigenvalue weighted by molar-refractivity contribution is 5.95. The molecule has 9 nitrogen and oxygen atoms in total. The fraction of sp³-hybridized carbons (Fsp3) is 0.385. The number of rotatable bonds is 10. The third-order valence-electron chi connectivity index (χ3n) is 5.70. The molecule has 0 radical (unpaired) electrons. The Morgan fingerprint density at radius 2 is 1.80 bits per heavy atom. The average Bonchev–Trinajstić information content (AvgIpc) is 2.95. The SMILES string of the molecule is CCOC(=O)C(CCc1ccccc1)N(CC(=O)O)N1C(=O)CCC(OC(C)=O)c2ccccc21. The summed E-state index contributed by atoms with van der Waals surface area (Å²) < 4.78 is 10.8. The molecule has 2 unspecified atom stereocenters. The average molecular weight is 483 g/mol. The molecular weight excluding hydrogens is 452 g/mol. The number of esters is 2. The topological polar surface area (TPSA) is 113 Å². The predicted molar refractivity (Wildman–Crippen MR) is 127 cm³/mol. The van der Waals surface area contributed by atoms with E-state index in [1.807, 2.05) is 30.3 Å². The summed E-state index contributed by atoms with van der Waals surface area (Å²) in [6.45, 7) is 2.48. The van der Waals surface area contributed by atoms with Crippen LogP contribution in [0.15, 0.2) is 54.6 Å². The Kier molecular flexibility index (Phi) is 8.97. The lowest BCUT2D eigenvalue weighted by Crippen LogP contribution is -2.57. The van der Waals surface area contributed by atoms with Crippen LogP contribution in [0.2, 0.25) is 0 Å². The third-order valence-corrected chi connectivity index (χ3v) is 5.70. The first-order valence-electron chi connectivity index (χ1n) is 11.6. The van der Waals surface area contributed by atoms with Crippen molar-refractivity contribution in [1.29, 1.82) is 0 Å². The van der Waals surface area contributed by atoms with Crippen LogP contribution in [0.25, 0.3) is 0 Å². The second-order valence-corrected chi connectivity index (χ2v) is 8.18. The molecule has 0 aliphatic carbocycles. The minimum atomic E-state index is -1.20. The van der Waals surface area contributed by atoms with Gasteiger partial charge in [0.05, 0.1) is 12.3 Å². The van der Waals surface area contributed by atoms with E-state index in [4.69, 9.17) is 9.47 Å². The number of carboxylic acids is 1. The largest absolute Gasteiger partial charge is 0.480 e. The monoisotopic (exact) mass is 482 g/mol. The summed E-state index contributed by atoms with van der Waals surface area (Å²) in [7, 11) is 0. The highest BCUT2D eigenvalue weighted by Crippen LogP contribution is 2.37. The second-order valence-electron chi connectivity index (χ2n) is 8.18. The second kappa shape index (κ2) is 12.1. The summed E-state index contributed by atoms with van der Waals surface area (Å²) >= 11 is 0. The number of nitrogens with zero attached hydrogens (tertiary/aromatic N) is 2. The Morgan fingerprint density at radius 1 is 1.11 bits per heavy atom. The number of benzene rings is 2. The lowest BCUT2D eigenvalue weighted by Gasteiger charge is -2.38. The molecule has 35 heavy (non-hydrogen) atoms. The minimum absolute atomic E-state index is 0.00300. The third kappa shape index (κ3) is 6.66. The van der Waals surface area contributed by atoms with Crippen molar-refractivity contribution < 1.29 is 33.8 Å². The highest BCUT2D eigenvalue weighted by Gasteiger charge is 2.39. The van der Waals surface area contributed by atoms with Crippen LogP contribution in [0.4, 0.5) is 5.69 Å². The fourth-order valence-electron chi connectivity index (χ4n) is 4.24. The van der Waals surface area contributed by atoms with Crippen molar-refractivity contribution in [3.05, 3.63) is 65.7 Å². The first-order valence-corrected chi connectivity index (χ1v) is 11.6. The normalized spacial score (nSPS) is 16.3. The van der Waals surface area contributed by atoms with Crippen LogP contribution in [0.1, 0.15) is 50.3 Å². The Bertz CT molecular complexity index is 1060. The quantitative estimate of drug-likeness (QED) is 0.513. The summed E-state index contributed by atoms with van der Waals surface area (Å²) in [6.07, 6.45) is 0.266. The van der Waals surface area contributed by atoms with Crippen molar-refractivity contribution in [1.82, 2.24) is 5.01 Å². The van der Waals surface area contributed by atoms with Gasteiger partial charge in [-0.05, 0) is 37.8 Å². The number of aryl methyl sites for hydroxylation is 1. The van der Waals surface area contributed by atoms with Gasteiger partial charge in [0.15, 0.2) is 0 Å². The molecule has 1 amide bonds. The Morgan fingerprint density at radius 3 is 2.46 bits per heavy atom. The van der Waals surface area contributed by atoms with Gasteiger partial charge in [-0.25, -0.2) is 5.01 Å². The van der Waals surface area contributed by atoms with E-state index in [-0.39, 0.29) is 25.9 Å². The van der Waals surface area contributed by atoms with Gasteiger partial charge in [0.2, 0.25) is 5.91 Å². The number of fused-ring (bicyclic) bond motifs is 1. The van der Waals surface area contributed by atoms with Crippen LogP contribution >= 0.6 is 0 Å². The molecule has 186 valence electrons. The molecule has 0 bridgehead atoms. The van der Waals surface area contributed by atoms with Gasteiger partial charge in [-0.15, -0.1) is 0 Å². The van der Waals surface area contributed by atoms with Crippen molar-refractivity contribution in [2.75, 3.05) is 18.2 Å². The number of aliphatic carboxylic acids is 1. The molecule has 1 aliphatic rings. The number of para-hydroxylation sites is 1. The van der Waals surface area contributed by atoms with E-state index in [2.05, 4.69) is 0 Å². The number of carbonyl (C=O) groups is 4. The zero-order valence-electron chi connectivity index (χ0n) is 19.9. The van der Waals surface area contributed by atoms with Crippen molar-refractivity contribution in [2.45, 2.75) is 51.7 Å². The maximum atomic E-state index is 13.4. The molecule has 2 aromatic rings. The minimum Gasteiger partial charge on any atom is -0.480 e. The maximum Gasteiger partial charge on any atom is 0.325 e. The highest BCUT2D eigenvalue weighted by atomic mass is 16.5. The van der Waals surface area contributed by atoms with Crippen LogP contribution in [-0.2, 0) is 35.1 Å². The molecule has 3 rings (SSSR count). The Labute approximate surface area is 204 Å². The zero-order chi connectivity index (χ0) is 25.4. The summed E-state index contributed by atoms with van der Waals surface area (Å²) in [5.74, 6) is -2.71. The number of hydrogen-bond donors (Lipinski definition) is 1. The number of hydrogen-bond acceptors (Lipinski definition) is 7. The molecule has 1 heterocycles. The van der Waals surface area contributed by atoms with Crippen LogP contribution in [0, 0.1) is 0 Å². The molecule has 0 saturated heterocycles. The van der Waals surface area contributed by atoms with Crippen molar-refractivity contribution in [3.8, 4) is 0 Å². The van der Waals surface area contributed by atoms with Crippen LogP contribution < -0.4 is 5.01 Å². The number of carboxylic acid groups (broad SMARTS) is 1. The molecule has 0 saturated carbocycles. The molecule has 1 N–H and O–H groups in total. The molecule has 0 fully saturated rings. The number of anilines is 1. The summed E-state index contributed by atoms with van der Waals surface area (Å²) in [6, 6.07) is 15.3. The molecule has 2 atom stereocenters. The molecule has 0 spiro atoms. The summed E-state index contributed by atoms with van der Waals surface area (Å²) in [5, 5.41) is 12.2. The standard InChI is InChI=1S/C26H30N2O7/c1-3-34-26(33)22(14-13-19-9-5-4-6-10-19)27(17-25(31)32)28-21-12-8-7-11-20(21)23(35-18(2)29)15-16-24(28)30/h4-12,22-23H,3,13-17H2,1-2H3,(H,31,32). The van der Waals surface area contributed by atoms with Crippen LogP contribution in [0.5, 0.6) is 0 Å². The van der Waals surface area contributed by atoms with E-state index in [9.17, 15) is 24.3 Å². The van der Waals surface area contributed by atoms with E-state index in [0.717, 1.165) is 5.56 Å². The molecule has 9 heteroatoms. The van der Waals surface area contributed by atoms with Gasteiger partial charge in [-0.2, -0.15) is 5.01 Å². The van der Waals surface area contributed by atoms with E-state index in [1.54, 1.807) is 31.2 Å². The smallest absolute Gasteiger partial charge is 0.325 e. The molecule has 0 aromatic heterocycles. The van der Waals surface area contributed by atoms with E-state index >= 15 is 0 Å². The number of carbonyl (C=O) groups excluding carboxylic acids is 3. The van der Waals surface area contributed by atoms with Gasteiger partial charge in [0.25, 0.3) is 0 Å². The van der Waals surface area contributed by atoms with Gasteiger partial charge < -0.3 is 14.6 Å². The van der Waals surface area contributed by atoms with Gasteiger partial charge in [0.1, 0.15) is 18.7 Å². The maximum absolute atomic E-state index is 13.4. The van der Waals surface area contributed by atoms with Crippen LogP contribution in [0.3, 0.4) is 0 Å². The van der Waals surface area contributed by atoms with Crippen LogP contribution in [-0.4, -0.2) is 53.1 Å². The molecular formula is C26H30N2O7. The first kappa shape index (κ1) is 25.9. The van der Waals surface area contributed by atoms with E-state index in [0.29, 0.717) is 17.7 Å². The fourth-order valence-corrected chi connectivity index (χ4v) is 4.24. The molecule has 2 aromatic carbocycles. The summed E-state index contributed by atoms with van der Waals surface area (Å²) in [5.41, 5.74) is 1.90. The van der Waals surface area contributed by atoms with Gasteiger partial charge in [-0.3, -0.25) is 19.2 Å². The first-order chi connectivity index (χ1) is 16.8. The predicted octanol–water partition coefficient (Wildman–Crippen LogP) is 3.28. The van der Waals surface area contributed by atoms with Gasteiger partial charge >= 0.3 is 17.9 Å². The van der Waals surface area contributed by atoms with Crippen molar-refractivity contribution in [2.24, 2.45) is 0 Å². The van der Waals surface area contributed by atoms with Crippen molar-refractivity contribution in [3.63, 3.8) is 0 Å². The summed E-state index contributed by atoms with van der Waals surface area (Å²) in [4.78, 5) is 50.1. The van der Waals surface area contributed by atoms with Crippen molar-refractivity contribution >= 4 is 29.5 Å².